The molecule has 0 spiro atoms. The van der Waals surface area contributed by atoms with Crippen molar-refractivity contribution in [1.82, 2.24) is 30.1 Å². The van der Waals surface area contributed by atoms with Gasteiger partial charge in [-0.25, -0.2) is 4.68 Å². The first-order valence-electron chi connectivity index (χ1n) is 11.5. The predicted molar refractivity (Wildman–Crippen MR) is 123 cm³/mol. The maximum Gasteiger partial charge on any atom is 0.253 e. The number of pyridine rings is 1. The molecule has 3 aromatic rings. The van der Waals surface area contributed by atoms with Gasteiger partial charge in [0, 0.05) is 5.56 Å². The van der Waals surface area contributed by atoms with Crippen LogP contribution in [0.5, 0.6) is 0 Å². The molecule has 7 nitrogen and oxygen atoms in total. The number of fused-ring (bicyclic) bond motifs is 1. The molecule has 3 heterocycles. The number of aryl methyl sites for hydroxylation is 2. The predicted octanol–water partition coefficient (Wildman–Crippen LogP) is 4.24. The Morgan fingerprint density at radius 1 is 1.10 bits per heavy atom. The summed E-state index contributed by atoms with van der Waals surface area (Å²) in [7, 11) is 0. The third kappa shape index (κ3) is 4.15. The van der Waals surface area contributed by atoms with Gasteiger partial charge in [-0.15, -0.1) is 5.10 Å². The molecule has 0 saturated carbocycles. The van der Waals surface area contributed by atoms with Gasteiger partial charge < -0.3 is 4.98 Å². The van der Waals surface area contributed by atoms with Crippen molar-refractivity contribution in [3.8, 4) is 0 Å². The fourth-order valence-corrected chi connectivity index (χ4v) is 4.70. The molecule has 2 aromatic heterocycles. The third-order valence-corrected chi connectivity index (χ3v) is 6.80. The molecule has 0 radical (unpaired) electrons. The summed E-state index contributed by atoms with van der Waals surface area (Å²) in [5.74, 6) is 0.753. The van der Waals surface area contributed by atoms with Gasteiger partial charge in [-0.05, 0) is 93.6 Å². The summed E-state index contributed by atoms with van der Waals surface area (Å²) >= 11 is 0. The van der Waals surface area contributed by atoms with Crippen LogP contribution in [0.25, 0.3) is 10.9 Å². The lowest BCUT2D eigenvalue weighted by molar-refractivity contribution is 0.202. The second-order valence-electron chi connectivity index (χ2n) is 9.57. The van der Waals surface area contributed by atoms with Gasteiger partial charge in [0.2, 0.25) is 0 Å². The van der Waals surface area contributed by atoms with E-state index in [1.54, 1.807) is 0 Å². The Labute approximate surface area is 183 Å². The van der Waals surface area contributed by atoms with Gasteiger partial charge in [0.25, 0.3) is 5.56 Å². The number of tetrazole rings is 1. The second-order valence-corrected chi connectivity index (χ2v) is 9.57. The van der Waals surface area contributed by atoms with Crippen molar-refractivity contribution >= 4 is 10.9 Å². The molecule has 31 heavy (non-hydrogen) atoms. The van der Waals surface area contributed by atoms with Gasteiger partial charge in [0.05, 0.1) is 11.1 Å². The van der Waals surface area contributed by atoms with Gasteiger partial charge in [-0.1, -0.05) is 31.4 Å². The number of nitrogens with zero attached hydrogens (tertiary/aromatic N) is 5. The van der Waals surface area contributed by atoms with E-state index in [1.165, 1.54) is 18.4 Å². The van der Waals surface area contributed by atoms with Crippen LogP contribution in [0.15, 0.2) is 23.0 Å². The van der Waals surface area contributed by atoms with E-state index >= 15 is 0 Å². The highest BCUT2D eigenvalue weighted by Crippen LogP contribution is 2.32. The van der Waals surface area contributed by atoms with E-state index in [2.05, 4.69) is 71.3 Å². The van der Waals surface area contributed by atoms with Crippen LogP contribution in [0.4, 0.5) is 0 Å². The van der Waals surface area contributed by atoms with Crippen LogP contribution >= 0.6 is 0 Å². The normalized spacial score (nSPS) is 17.1. The van der Waals surface area contributed by atoms with Gasteiger partial charge in [-0.3, -0.25) is 9.69 Å². The van der Waals surface area contributed by atoms with E-state index in [0.29, 0.717) is 0 Å². The molecule has 0 aliphatic carbocycles. The monoisotopic (exact) mass is 422 g/mol. The van der Waals surface area contributed by atoms with Crippen molar-refractivity contribution in [3.05, 3.63) is 51.1 Å². The zero-order chi connectivity index (χ0) is 22.2. The van der Waals surface area contributed by atoms with E-state index < -0.39 is 0 Å². The summed E-state index contributed by atoms with van der Waals surface area (Å²) in [4.78, 5) is 19.0. The van der Waals surface area contributed by atoms with Crippen LogP contribution in [0.1, 0.15) is 81.4 Å². The number of hydrogen-bond acceptors (Lipinski definition) is 5. The van der Waals surface area contributed by atoms with Gasteiger partial charge >= 0.3 is 0 Å². The Kier molecular flexibility index (Phi) is 5.97. The first kappa shape index (κ1) is 21.7. The SMILES string of the molecule is CCC(C)(C)n1nnnc1C(c1cc2cc(C)cc(C)c2[nH]c1=O)N1CCCCCC1. The zero-order valence-electron chi connectivity index (χ0n) is 19.4. The summed E-state index contributed by atoms with van der Waals surface area (Å²) in [6.45, 7) is 12.4. The molecule has 0 bridgehead atoms. The summed E-state index contributed by atoms with van der Waals surface area (Å²) in [5, 5.41) is 13.9. The number of nitrogens with one attached hydrogen (secondary N) is 1. The highest BCUT2D eigenvalue weighted by molar-refractivity contribution is 5.83. The highest BCUT2D eigenvalue weighted by atomic mass is 16.1. The maximum atomic E-state index is 13.4. The van der Waals surface area contributed by atoms with Crippen molar-refractivity contribution in [2.24, 2.45) is 0 Å². The Morgan fingerprint density at radius 2 is 1.81 bits per heavy atom. The quantitative estimate of drug-likeness (QED) is 0.665. The van der Waals surface area contributed by atoms with Crippen molar-refractivity contribution in [1.29, 1.82) is 0 Å². The van der Waals surface area contributed by atoms with Crippen molar-refractivity contribution in [2.45, 2.75) is 78.3 Å². The number of benzene rings is 1. The Hall–Kier alpha value is -2.54. The highest BCUT2D eigenvalue weighted by Gasteiger charge is 2.34. The molecule has 1 N–H and O–H groups in total. The molecule has 1 aliphatic rings. The molecular formula is C24H34N6O. The van der Waals surface area contributed by atoms with Crippen LogP contribution in [0.2, 0.25) is 0 Å². The second kappa shape index (κ2) is 8.54. The lowest BCUT2D eigenvalue weighted by Crippen LogP contribution is -2.38. The fraction of sp³-hybridized carbons (Fsp3) is 0.583. The fourth-order valence-electron chi connectivity index (χ4n) is 4.70. The molecule has 0 amide bonds. The molecule has 4 rings (SSSR count). The van der Waals surface area contributed by atoms with Crippen LogP contribution in [0.3, 0.4) is 0 Å². The Bertz CT molecular complexity index is 1120. The third-order valence-electron chi connectivity index (χ3n) is 6.80. The molecule has 1 atom stereocenters. The number of rotatable bonds is 5. The van der Waals surface area contributed by atoms with E-state index in [1.807, 2.05) is 11.6 Å². The molecule has 1 unspecified atom stereocenters. The summed E-state index contributed by atoms with van der Waals surface area (Å²) in [6, 6.07) is 6.03. The van der Waals surface area contributed by atoms with E-state index in [0.717, 1.165) is 60.2 Å². The molecule has 1 saturated heterocycles. The average Bonchev–Trinajstić information content (AvgIpc) is 3.06. The molecule has 7 heteroatoms. The molecule has 1 aromatic carbocycles. The molecule has 1 aliphatic heterocycles. The van der Waals surface area contributed by atoms with Gasteiger partial charge in [0.1, 0.15) is 6.04 Å². The topological polar surface area (TPSA) is 79.7 Å². The summed E-state index contributed by atoms with van der Waals surface area (Å²) in [5.41, 5.74) is 3.61. The smallest absolute Gasteiger partial charge is 0.253 e. The Morgan fingerprint density at radius 3 is 2.48 bits per heavy atom. The van der Waals surface area contributed by atoms with Crippen LogP contribution in [0, 0.1) is 13.8 Å². The summed E-state index contributed by atoms with van der Waals surface area (Å²) in [6.07, 6.45) is 5.59. The molecular weight excluding hydrogens is 388 g/mol. The van der Waals surface area contributed by atoms with Crippen LogP contribution in [-0.2, 0) is 5.54 Å². The minimum absolute atomic E-state index is 0.0578. The van der Waals surface area contributed by atoms with Gasteiger partial charge in [-0.2, -0.15) is 0 Å². The number of aromatic amines is 1. The molecule has 166 valence electrons. The van der Waals surface area contributed by atoms with Crippen molar-refractivity contribution in [3.63, 3.8) is 0 Å². The molecule has 1 fully saturated rings. The maximum absolute atomic E-state index is 13.4. The zero-order valence-corrected chi connectivity index (χ0v) is 19.4. The minimum atomic E-state index is -0.270. The Balaban J connectivity index is 1.93. The van der Waals surface area contributed by atoms with Crippen molar-refractivity contribution < 1.29 is 0 Å². The van der Waals surface area contributed by atoms with Crippen LogP contribution < -0.4 is 5.56 Å². The number of hydrogen-bond donors (Lipinski definition) is 1. The largest absolute Gasteiger partial charge is 0.321 e. The standard InChI is InChI=1S/C24H34N6O/c1-6-24(4,5)30-22(26-27-28-30)21(29-11-9-7-8-10-12-29)19-15-18-14-16(2)13-17(3)20(18)25-23(19)31/h13-15,21H,6-12H2,1-5H3,(H,25,31). The van der Waals surface area contributed by atoms with Crippen LogP contribution in [-0.4, -0.2) is 43.2 Å². The van der Waals surface area contributed by atoms with Gasteiger partial charge in [0.15, 0.2) is 5.82 Å². The average molecular weight is 423 g/mol. The van der Waals surface area contributed by atoms with E-state index in [9.17, 15) is 4.79 Å². The number of H-pyrrole nitrogens is 1. The first-order valence-corrected chi connectivity index (χ1v) is 11.5. The number of likely N-dealkylation sites (tertiary alicyclic amines) is 1. The van der Waals surface area contributed by atoms with E-state index in [4.69, 9.17) is 0 Å². The van der Waals surface area contributed by atoms with Crippen molar-refractivity contribution in [2.75, 3.05) is 13.1 Å². The summed E-state index contributed by atoms with van der Waals surface area (Å²) < 4.78 is 1.92. The lowest BCUT2D eigenvalue weighted by Gasteiger charge is -2.32. The van der Waals surface area contributed by atoms with E-state index in [-0.39, 0.29) is 17.1 Å². The minimum Gasteiger partial charge on any atom is -0.321 e. The number of aromatic nitrogens is 5. The lowest BCUT2D eigenvalue weighted by atomic mass is 9.98. The first-order chi connectivity index (χ1) is 14.8.